The molecule has 1 aliphatic rings. The Hall–Kier alpha value is -1.84. The van der Waals surface area contributed by atoms with E-state index in [0.29, 0.717) is 0 Å². The maximum absolute atomic E-state index is 13.0. The van der Waals surface area contributed by atoms with Gasteiger partial charge in [-0.15, -0.1) is 0 Å². The van der Waals surface area contributed by atoms with E-state index in [-0.39, 0.29) is 41.8 Å². The monoisotopic (exact) mass is 377 g/mol. The maximum Gasteiger partial charge on any atom is 0.406 e. The summed E-state index contributed by atoms with van der Waals surface area (Å²) in [6.45, 7) is -0.938. The van der Waals surface area contributed by atoms with Gasteiger partial charge in [0.15, 0.2) is 0 Å². The summed E-state index contributed by atoms with van der Waals surface area (Å²) in [5.41, 5.74) is -0.556. The molecule has 0 bridgehead atoms. The predicted octanol–water partition coefficient (Wildman–Crippen LogP) is 2.85. The number of hydrogen-bond donors (Lipinski definition) is 1. The molecule has 0 radical (unpaired) electrons. The number of para-hydroxylation sites is 1. The number of benzene rings is 1. The lowest BCUT2D eigenvalue weighted by Crippen LogP contribution is -2.54. The van der Waals surface area contributed by atoms with Gasteiger partial charge in [0.25, 0.3) is 0 Å². The standard InChI is InChI=1S/C15H15ClF3N3O3/c1-24-6-14(7-25-8-14)12(23)21-13-20-11-9(16)3-2-4-10(11)22(13)5-15(17,18)19/h2-4H,5-8H2,1H3,(H,20,21,23). The number of ether oxygens (including phenoxy) is 2. The van der Waals surface area contributed by atoms with E-state index < -0.39 is 24.0 Å². The third-order valence-corrected chi connectivity index (χ3v) is 4.26. The molecular formula is C15H15ClF3N3O3. The first-order chi connectivity index (χ1) is 11.8. The van der Waals surface area contributed by atoms with E-state index in [0.717, 1.165) is 4.57 Å². The Morgan fingerprint density at radius 1 is 1.48 bits per heavy atom. The van der Waals surface area contributed by atoms with Crippen molar-refractivity contribution in [2.75, 3.05) is 32.2 Å². The Bertz CT molecular complexity index is 802. The number of nitrogens with zero attached hydrogens (tertiary/aromatic N) is 2. The molecule has 1 aliphatic heterocycles. The average molecular weight is 378 g/mol. The molecule has 1 N–H and O–H groups in total. The number of nitrogens with one attached hydrogen (secondary N) is 1. The van der Waals surface area contributed by atoms with E-state index >= 15 is 0 Å². The van der Waals surface area contributed by atoms with Gasteiger partial charge in [0.1, 0.15) is 17.5 Å². The van der Waals surface area contributed by atoms with Gasteiger partial charge in [-0.3, -0.25) is 10.1 Å². The fourth-order valence-corrected chi connectivity index (χ4v) is 2.90. The smallest absolute Gasteiger partial charge is 0.383 e. The van der Waals surface area contributed by atoms with Crippen LogP contribution < -0.4 is 5.32 Å². The minimum absolute atomic E-state index is 0.0963. The van der Waals surface area contributed by atoms with Crippen LogP contribution in [0.5, 0.6) is 0 Å². The lowest BCUT2D eigenvalue weighted by molar-refractivity contribution is -0.167. The second kappa shape index (κ2) is 6.47. The van der Waals surface area contributed by atoms with E-state index in [9.17, 15) is 18.0 Å². The van der Waals surface area contributed by atoms with Crippen LogP contribution in [0.3, 0.4) is 0 Å². The summed E-state index contributed by atoms with van der Waals surface area (Å²) in [5.74, 6) is -0.719. The van der Waals surface area contributed by atoms with Gasteiger partial charge in [0.2, 0.25) is 11.9 Å². The molecule has 0 atom stereocenters. The number of methoxy groups -OCH3 is 1. The van der Waals surface area contributed by atoms with Gasteiger partial charge in [0.05, 0.1) is 30.4 Å². The van der Waals surface area contributed by atoms with Crippen LogP contribution in [0, 0.1) is 5.41 Å². The third kappa shape index (κ3) is 3.44. The zero-order valence-electron chi connectivity index (χ0n) is 13.2. The van der Waals surface area contributed by atoms with Crippen molar-refractivity contribution in [2.45, 2.75) is 12.7 Å². The van der Waals surface area contributed by atoms with E-state index in [1.807, 2.05) is 0 Å². The van der Waals surface area contributed by atoms with Gasteiger partial charge >= 0.3 is 6.18 Å². The van der Waals surface area contributed by atoms with Gasteiger partial charge in [-0.05, 0) is 12.1 Å². The topological polar surface area (TPSA) is 65.4 Å². The summed E-state index contributed by atoms with van der Waals surface area (Å²) in [4.78, 5) is 16.6. The molecule has 0 aliphatic carbocycles. The molecule has 1 aromatic carbocycles. The van der Waals surface area contributed by atoms with Crippen LogP contribution in [-0.2, 0) is 20.8 Å². The number of alkyl halides is 3. The Kier molecular flexibility index (Phi) is 4.65. The lowest BCUT2D eigenvalue weighted by Gasteiger charge is -2.38. The summed E-state index contributed by atoms with van der Waals surface area (Å²) < 4.78 is 49.9. The van der Waals surface area contributed by atoms with Gasteiger partial charge in [-0.1, -0.05) is 17.7 Å². The maximum atomic E-state index is 13.0. The van der Waals surface area contributed by atoms with Crippen molar-refractivity contribution in [2.24, 2.45) is 5.41 Å². The van der Waals surface area contributed by atoms with Crippen LogP contribution in [0.15, 0.2) is 18.2 Å². The van der Waals surface area contributed by atoms with Crippen molar-refractivity contribution in [3.05, 3.63) is 23.2 Å². The second-order valence-electron chi connectivity index (χ2n) is 5.90. The summed E-state index contributed by atoms with van der Waals surface area (Å²) in [6.07, 6.45) is -4.49. The average Bonchev–Trinajstić information content (AvgIpc) is 2.80. The van der Waals surface area contributed by atoms with Crippen molar-refractivity contribution < 1.29 is 27.4 Å². The Morgan fingerprint density at radius 3 is 2.76 bits per heavy atom. The van der Waals surface area contributed by atoms with Crippen molar-refractivity contribution >= 4 is 34.5 Å². The van der Waals surface area contributed by atoms with Crippen molar-refractivity contribution in [3.63, 3.8) is 0 Å². The normalized spacial score (nSPS) is 16.7. The zero-order chi connectivity index (χ0) is 18.2. The highest BCUT2D eigenvalue weighted by Crippen LogP contribution is 2.32. The number of halogens is 4. The SMILES string of the molecule is COCC1(C(=O)Nc2nc3c(Cl)cccc3n2CC(F)(F)F)COC1. The van der Waals surface area contributed by atoms with Crippen LogP contribution in [0.25, 0.3) is 11.0 Å². The highest BCUT2D eigenvalue weighted by Gasteiger charge is 2.46. The number of fused-ring (bicyclic) bond motifs is 1. The number of carbonyl (C=O) groups is 1. The first-order valence-electron chi connectivity index (χ1n) is 7.35. The molecule has 2 aromatic rings. The second-order valence-corrected chi connectivity index (χ2v) is 6.31. The number of rotatable bonds is 5. The molecule has 0 spiro atoms. The molecule has 1 saturated heterocycles. The summed E-state index contributed by atoms with van der Waals surface area (Å²) in [7, 11) is 1.44. The fourth-order valence-electron chi connectivity index (χ4n) is 2.69. The van der Waals surface area contributed by atoms with Crippen LogP contribution in [0.1, 0.15) is 0 Å². The van der Waals surface area contributed by atoms with Gasteiger partial charge < -0.3 is 14.0 Å². The molecule has 10 heteroatoms. The molecule has 0 saturated carbocycles. The van der Waals surface area contributed by atoms with Crippen molar-refractivity contribution in [1.29, 1.82) is 0 Å². The minimum atomic E-state index is -4.49. The molecule has 25 heavy (non-hydrogen) atoms. The summed E-state index contributed by atoms with van der Waals surface area (Å²) in [5, 5.41) is 2.67. The van der Waals surface area contributed by atoms with Gasteiger partial charge in [0, 0.05) is 7.11 Å². The zero-order valence-corrected chi connectivity index (χ0v) is 13.9. The van der Waals surface area contributed by atoms with Gasteiger partial charge in [-0.2, -0.15) is 13.2 Å². The molecule has 3 rings (SSSR count). The highest BCUT2D eigenvalue weighted by molar-refractivity contribution is 6.35. The largest absolute Gasteiger partial charge is 0.406 e. The molecular weight excluding hydrogens is 363 g/mol. The molecule has 6 nitrogen and oxygen atoms in total. The van der Waals surface area contributed by atoms with E-state index in [2.05, 4.69) is 10.3 Å². The molecule has 1 fully saturated rings. The molecule has 0 unspecified atom stereocenters. The Morgan fingerprint density at radius 2 is 2.20 bits per heavy atom. The number of imidazole rings is 1. The molecule has 1 amide bonds. The number of hydrogen-bond acceptors (Lipinski definition) is 4. The third-order valence-electron chi connectivity index (χ3n) is 3.95. The molecule has 1 aromatic heterocycles. The fraction of sp³-hybridized carbons (Fsp3) is 0.467. The van der Waals surface area contributed by atoms with Gasteiger partial charge in [-0.25, -0.2) is 4.98 Å². The number of anilines is 1. The Balaban J connectivity index is 1.99. The summed E-state index contributed by atoms with van der Waals surface area (Å²) in [6, 6.07) is 4.51. The van der Waals surface area contributed by atoms with Crippen LogP contribution in [-0.4, -0.2) is 48.6 Å². The quantitative estimate of drug-likeness (QED) is 0.870. The number of amides is 1. The van der Waals surface area contributed by atoms with Crippen molar-refractivity contribution in [1.82, 2.24) is 9.55 Å². The summed E-state index contributed by atoms with van der Waals surface area (Å²) >= 11 is 6.02. The molecule has 2 heterocycles. The predicted molar refractivity (Wildman–Crippen MR) is 84.6 cm³/mol. The molecule has 136 valence electrons. The van der Waals surface area contributed by atoms with Crippen molar-refractivity contribution in [3.8, 4) is 0 Å². The number of carbonyl (C=O) groups excluding carboxylic acids is 1. The van der Waals surface area contributed by atoms with E-state index in [1.54, 1.807) is 0 Å². The van der Waals surface area contributed by atoms with E-state index in [1.165, 1.54) is 25.3 Å². The van der Waals surface area contributed by atoms with Crippen LogP contribution >= 0.6 is 11.6 Å². The van der Waals surface area contributed by atoms with Crippen LogP contribution in [0.2, 0.25) is 5.02 Å². The minimum Gasteiger partial charge on any atom is -0.383 e. The first-order valence-corrected chi connectivity index (χ1v) is 7.73. The highest BCUT2D eigenvalue weighted by atomic mass is 35.5. The van der Waals surface area contributed by atoms with E-state index in [4.69, 9.17) is 21.1 Å². The Labute approximate surface area is 145 Å². The number of aromatic nitrogens is 2. The lowest BCUT2D eigenvalue weighted by atomic mass is 9.86. The van der Waals surface area contributed by atoms with Crippen LogP contribution in [0.4, 0.5) is 19.1 Å². The first kappa shape index (κ1) is 18.0.